The Labute approximate surface area is 117 Å². The first-order chi connectivity index (χ1) is 9.13. The second-order valence-electron chi connectivity index (χ2n) is 4.29. The third-order valence-electron chi connectivity index (χ3n) is 2.95. The van der Waals surface area contributed by atoms with E-state index in [-0.39, 0.29) is 6.04 Å². The van der Waals surface area contributed by atoms with Gasteiger partial charge in [-0.15, -0.1) is 0 Å². The highest BCUT2D eigenvalue weighted by Crippen LogP contribution is 2.29. The highest BCUT2D eigenvalue weighted by atomic mass is 35.5. The average Bonchev–Trinajstić information content (AvgIpc) is 2.81. The minimum absolute atomic E-state index is 0.108. The van der Waals surface area contributed by atoms with E-state index in [0.717, 1.165) is 17.0 Å². The molecular weight excluding hydrogens is 264 g/mol. The Morgan fingerprint density at radius 2 is 2.26 bits per heavy atom. The molecule has 0 saturated carbocycles. The van der Waals surface area contributed by atoms with Gasteiger partial charge in [0, 0.05) is 30.3 Å². The zero-order valence-corrected chi connectivity index (χ0v) is 11.7. The summed E-state index contributed by atoms with van der Waals surface area (Å²) in [6, 6.07) is 7.33. The van der Waals surface area contributed by atoms with Gasteiger partial charge < -0.3 is 4.74 Å². The summed E-state index contributed by atoms with van der Waals surface area (Å²) in [5.74, 6) is 6.40. The van der Waals surface area contributed by atoms with Crippen LogP contribution in [0.25, 0.3) is 0 Å². The summed E-state index contributed by atoms with van der Waals surface area (Å²) in [4.78, 5) is 0. The van der Waals surface area contributed by atoms with Gasteiger partial charge in [0.25, 0.3) is 0 Å². The summed E-state index contributed by atoms with van der Waals surface area (Å²) >= 11 is 6.04. The van der Waals surface area contributed by atoms with Gasteiger partial charge >= 0.3 is 0 Å². The third kappa shape index (κ3) is 3.26. The number of nitrogens with two attached hydrogens (primary N) is 1. The van der Waals surface area contributed by atoms with Crippen molar-refractivity contribution in [1.29, 1.82) is 0 Å². The molecule has 3 N–H and O–H groups in total. The van der Waals surface area contributed by atoms with Gasteiger partial charge in [-0.2, -0.15) is 5.10 Å². The van der Waals surface area contributed by atoms with E-state index < -0.39 is 0 Å². The maximum absolute atomic E-state index is 6.04. The topological polar surface area (TPSA) is 65.1 Å². The fraction of sp³-hybridized carbons (Fsp3) is 0.308. The molecule has 1 aromatic carbocycles. The number of nitrogens with zero attached hydrogens (tertiary/aromatic N) is 2. The minimum atomic E-state index is -0.108. The summed E-state index contributed by atoms with van der Waals surface area (Å²) in [6.07, 6.45) is 2.56. The first-order valence-corrected chi connectivity index (χ1v) is 6.30. The molecule has 0 bridgehead atoms. The van der Waals surface area contributed by atoms with E-state index in [9.17, 15) is 0 Å². The summed E-state index contributed by atoms with van der Waals surface area (Å²) in [5.41, 5.74) is 4.66. The Kier molecular flexibility index (Phi) is 4.42. The van der Waals surface area contributed by atoms with Crippen molar-refractivity contribution in [3.8, 4) is 5.75 Å². The molecule has 1 unspecified atom stereocenters. The van der Waals surface area contributed by atoms with Crippen LogP contribution in [-0.2, 0) is 13.5 Å². The number of nitrogens with one attached hydrogen (secondary N) is 1. The molecule has 0 fully saturated rings. The van der Waals surface area contributed by atoms with Gasteiger partial charge in [0.15, 0.2) is 0 Å². The van der Waals surface area contributed by atoms with Crippen molar-refractivity contribution in [2.45, 2.75) is 12.5 Å². The fourth-order valence-electron chi connectivity index (χ4n) is 2.02. The number of aromatic nitrogens is 2. The van der Waals surface area contributed by atoms with Gasteiger partial charge in [0.2, 0.25) is 0 Å². The minimum Gasteiger partial charge on any atom is -0.496 e. The molecule has 0 radical (unpaired) electrons. The Bertz CT molecular complexity index is 555. The lowest BCUT2D eigenvalue weighted by Gasteiger charge is -2.18. The molecule has 0 spiro atoms. The van der Waals surface area contributed by atoms with E-state index in [1.165, 1.54) is 0 Å². The van der Waals surface area contributed by atoms with E-state index in [0.29, 0.717) is 11.4 Å². The molecule has 6 heteroatoms. The van der Waals surface area contributed by atoms with E-state index in [2.05, 4.69) is 10.5 Å². The Morgan fingerprint density at radius 3 is 2.84 bits per heavy atom. The number of ether oxygens (including phenoxy) is 1. The van der Waals surface area contributed by atoms with Crippen LogP contribution in [0.3, 0.4) is 0 Å². The molecular formula is C13H17ClN4O. The van der Waals surface area contributed by atoms with Crippen LogP contribution in [0.4, 0.5) is 0 Å². The smallest absolute Gasteiger partial charge is 0.123 e. The van der Waals surface area contributed by atoms with Crippen LogP contribution >= 0.6 is 11.6 Å². The van der Waals surface area contributed by atoms with Crippen LogP contribution in [0, 0.1) is 0 Å². The second kappa shape index (κ2) is 6.06. The van der Waals surface area contributed by atoms with Crippen molar-refractivity contribution in [3.05, 3.63) is 46.7 Å². The highest BCUT2D eigenvalue weighted by molar-refractivity contribution is 6.30. The summed E-state index contributed by atoms with van der Waals surface area (Å²) in [6.45, 7) is 0. The lowest BCUT2D eigenvalue weighted by Crippen LogP contribution is -2.30. The lowest BCUT2D eigenvalue weighted by molar-refractivity contribution is 0.398. The highest BCUT2D eigenvalue weighted by Gasteiger charge is 2.17. The maximum atomic E-state index is 6.04. The van der Waals surface area contributed by atoms with E-state index in [1.54, 1.807) is 17.9 Å². The number of hydrazine groups is 1. The van der Waals surface area contributed by atoms with E-state index in [1.807, 2.05) is 31.4 Å². The van der Waals surface area contributed by atoms with Gasteiger partial charge in [-0.25, -0.2) is 0 Å². The number of hydrogen-bond acceptors (Lipinski definition) is 4. The first-order valence-electron chi connectivity index (χ1n) is 5.92. The Morgan fingerprint density at radius 1 is 1.47 bits per heavy atom. The number of hydrogen-bond donors (Lipinski definition) is 2. The number of halogens is 1. The zero-order valence-electron chi connectivity index (χ0n) is 10.9. The van der Waals surface area contributed by atoms with Crippen LogP contribution in [0.2, 0.25) is 5.02 Å². The Hall–Kier alpha value is -1.56. The number of methoxy groups -OCH3 is 1. The standard InChI is InChI=1S/C13H17ClN4O/c1-18-6-5-10(17-18)8-12(16-15)11-7-9(14)3-4-13(11)19-2/h3-7,12,16H,8,15H2,1-2H3. The molecule has 102 valence electrons. The van der Waals surface area contributed by atoms with Gasteiger partial charge in [0.05, 0.1) is 18.8 Å². The zero-order chi connectivity index (χ0) is 13.8. The maximum Gasteiger partial charge on any atom is 0.123 e. The van der Waals surface area contributed by atoms with Crippen molar-refractivity contribution in [2.75, 3.05) is 7.11 Å². The number of aryl methyl sites for hydroxylation is 1. The summed E-state index contributed by atoms with van der Waals surface area (Å²) in [5, 5.41) is 5.00. The predicted octanol–water partition coefficient (Wildman–Crippen LogP) is 1.83. The predicted molar refractivity (Wildman–Crippen MR) is 75.0 cm³/mol. The average molecular weight is 281 g/mol. The summed E-state index contributed by atoms with van der Waals surface area (Å²) in [7, 11) is 3.51. The van der Waals surface area contributed by atoms with Crippen molar-refractivity contribution in [2.24, 2.45) is 12.9 Å². The van der Waals surface area contributed by atoms with Gasteiger partial charge in [-0.1, -0.05) is 11.6 Å². The number of benzene rings is 1. The monoisotopic (exact) mass is 280 g/mol. The van der Waals surface area contributed by atoms with Crippen molar-refractivity contribution in [1.82, 2.24) is 15.2 Å². The van der Waals surface area contributed by atoms with Crippen LogP contribution < -0.4 is 16.0 Å². The van der Waals surface area contributed by atoms with Crippen LogP contribution in [0.15, 0.2) is 30.5 Å². The molecule has 2 aromatic rings. The summed E-state index contributed by atoms with van der Waals surface area (Å²) < 4.78 is 7.11. The van der Waals surface area contributed by atoms with Gasteiger partial charge in [-0.05, 0) is 24.3 Å². The second-order valence-corrected chi connectivity index (χ2v) is 4.73. The fourth-order valence-corrected chi connectivity index (χ4v) is 2.20. The molecule has 5 nitrogen and oxygen atoms in total. The van der Waals surface area contributed by atoms with E-state index in [4.69, 9.17) is 22.2 Å². The van der Waals surface area contributed by atoms with Crippen LogP contribution in [-0.4, -0.2) is 16.9 Å². The largest absolute Gasteiger partial charge is 0.496 e. The molecule has 0 aliphatic heterocycles. The number of rotatable bonds is 5. The molecule has 2 rings (SSSR count). The van der Waals surface area contributed by atoms with Crippen molar-refractivity contribution in [3.63, 3.8) is 0 Å². The molecule has 1 atom stereocenters. The Balaban J connectivity index is 2.28. The molecule has 0 amide bonds. The lowest BCUT2D eigenvalue weighted by atomic mass is 10.0. The first kappa shape index (κ1) is 13.9. The molecule has 0 aliphatic rings. The van der Waals surface area contributed by atoms with Crippen LogP contribution in [0.5, 0.6) is 5.75 Å². The SMILES string of the molecule is COc1ccc(Cl)cc1C(Cc1ccn(C)n1)NN. The molecule has 0 aliphatic carbocycles. The van der Waals surface area contributed by atoms with Gasteiger partial charge in [-0.3, -0.25) is 16.0 Å². The molecule has 1 heterocycles. The third-order valence-corrected chi connectivity index (χ3v) is 3.19. The molecule has 0 saturated heterocycles. The van der Waals surface area contributed by atoms with Crippen molar-refractivity contribution >= 4 is 11.6 Å². The molecule has 1 aromatic heterocycles. The van der Waals surface area contributed by atoms with Gasteiger partial charge in [0.1, 0.15) is 5.75 Å². The van der Waals surface area contributed by atoms with Crippen LogP contribution in [0.1, 0.15) is 17.3 Å². The van der Waals surface area contributed by atoms with Crippen molar-refractivity contribution < 1.29 is 4.74 Å². The quantitative estimate of drug-likeness (QED) is 0.648. The van der Waals surface area contributed by atoms with E-state index >= 15 is 0 Å². The normalized spacial score (nSPS) is 12.4. The molecule has 19 heavy (non-hydrogen) atoms.